The minimum atomic E-state index is -0.307. The second kappa shape index (κ2) is 8.05. The molecule has 3 N–H and O–H groups in total. The van der Waals surface area contributed by atoms with Gasteiger partial charge < -0.3 is 15.3 Å². The number of pyridine rings is 1. The summed E-state index contributed by atoms with van der Waals surface area (Å²) < 4.78 is 13.5. The SMILES string of the molecule is Cc1[nH]nc2nc(-c3ccc(O)cc3)cc(C(=O)N3CCNCC3c3ccc(F)cc3)c12. The molecular formula is C24H22FN5O2. The topological polar surface area (TPSA) is 94.1 Å². The Morgan fingerprint density at radius 3 is 2.66 bits per heavy atom. The van der Waals surface area contributed by atoms with Crippen LogP contribution in [0.15, 0.2) is 54.6 Å². The van der Waals surface area contributed by atoms with Gasteiger partial charge in [-0.25, -0.2) is 9.37 Å². The van der Waals surface area contributed by atoms with Crippen molar-refractivity contribution in [3.05, 3.63) is 77.2 Å². The van der Waals surface area contributed by atoms with Crippen LogP contribution in [-0.2, 0) is 0 Å². The third-order valence-corrected chi connectivity index (χ3v) is 5.86. The van der Waals surface area contributed by atoms with Gasteiger partial charge in [0.15, 0.2) is 5.65 Å². The lowest BCUT2D eigenvalue weighted by Crippen LogP contribution is -2.48. The van der Waals surface area contributed by atoms with Gasteiger partial charge in [0.25, 0.3) is 5.91 Å². The molecule has 1 saturated heterocycles. The fraction of sp³-hybridized carbons (Fsp3) is 0.208. The average Bonchev–Trinajstić information content (AvgIpc) is 3.20. The van der Waals surface area contributed by atoms with E-state index < -0.39 is 0 Å². The van der Waals surface area contributed by atoms with E-state index in [1.54, 1.807) is 42.5 Å². The molecule has 1 aliphatic rings. The van der Waals surface area contributed by atoms with Crippen molar-refractivity contribution in [2.45, 2.75) is 13.0 Å². The zero-order valence-corrected chi connectivity index (χ0v) is 17.5. The summed E-state index contributed by atoms with van der Waals surface area (Å²) in [5.41, 5.74) is 3.99. The number of benzene rings is 2. The number of aromatic nitrogens is 3. The van der Waals surface area contributed by atoms with E-state index in [2.05, 4.69) is 20.5 Å². The molecule has 0 bridgehead atoms. The number of hydrogen-bond donors (Lipinski definition) is 3. The van der Waals surface area contributed by atoms with E-state index in [4.69, 9.17) is 0 Å². The molecule has 0 saturated carbocycles. The average molecular weight is 431 g/mol. The lowest BCUT2D eigenvalue weighted by atomic mass is 10.00. The molecule has 8 heteroatoms. The minimum absolute atomic E-state index is 0.127. The number of carbonyl (C=O) groups excluding carboxylic acids is 1. The molecule has 2 aromatic heterocycles. The molecule has 32 heavy (non-hydrogen) atoms. The number of fused-ring (bicyclic) bond motifs is 1. The van der Waals surface area contributed by atoms with Crippen molar-refractivity contribution in [1.82, 2.24) is 25.4 Å². The van der Waals surface area contributed by atoms with Crippen molar-refractivity contribution in [2.24, 2.45) is 0 Å². The number of H-pyrrole nitrogens is 1. The summed E-state index contributed by atoms with van der Waals surface area (Å²) >= 11 is 0. The third-order valence-electron chi connectivity index (χ3n) is 5.86. The Balaban J connectivity index is 1.60. The number of phenols is 1. The summed E-state index contributed by atoms with van der Waals surface area (Å²) in [5, 5.41) is 20.9. The number of aryl methyl sites for hydroxylation is 1. The highest BCUT2D eigenvalue weighted by molar-refractivity contribution is 6.07. The van der Waals surface area contributed by atoms with E-state index >= 15 is 0 Å². The molecule has 4 aromatic rings. The summed E-state index contributed by atoms with van der Waals surface area (Å²) in [6.07, 6.45) is 0. The monoisotopic (exact) mass is 431 g/mol. The smallest absolute Gasteiger partial charge is 0.255 e. The maximum Gasteiger partial charge on any atom is 0.255 e. The predicted octanol–water partition coefficient (Wildman–Crippen LogP) is 3.56. The maximum atomic E-state index is 13.9. The van der Waals surface area contributed by atoms with E-state index in [1.165, 1.54) is 12.1 Å². The van der Waals surface area contributed by atoms with Crippen molar-refractivity contribution < 1.29 is 14.3 Å². The second-order valence-corrected chi connectivity index (χ2v) is 7.92. The molecule has 2 aromatic carbocycles. The molecule has 0 radical (unpaired) electrons. The summed E-state index contributed by atoms with van der Waals surface area (Å²) in [6.45, 7) is 3.65. The Labute approximate surface area is 183 Å². The Kier molecular flexibility index (Phi) is 5.07. The predicted molar refractivity (Wildman–Crippen MR) is 119 cm³/mol. The number of amides is 1. The maximum absolute atomic E-state index is 13.9. The number of piperazine rings is 1. The first-order chi connectivity index (χ1) is 15.5. The van der Waals surface area contributed by atoms with Crippen LogP contribution in [0.3, 0.4) is 0 Å². The van der Waals surface area contributed by atoms with Gasteiger partial charge in [-0.05, 0) is 55.0 Å². The lowest BCUT2D eigenvalue weighted by Gasteiger charge is -2.36. The summed E-state index contributed by atoms with van der Waals surface area (Å²) in [6, 6.07) is 14.5. The fourth-order valence-electron chi connectivity index (χ4n) is 4.21. The molecule has 5 rings (SSSR count). The molecule has 1 atom stereocenters. The van der Waals surface area contributed by atoms with Gasteiger partial charge in [-0.1, -0.05) is 12.1 Å². The van der Waals surface area contributed by atoms with Crippen LogP contribution < -0.4 is 5.32 Å². The highest BCUT2D eigenvalue weighted by atomic mass is 19.1. The number of aromatic amines is 1. The Morgan fingerprint density at radius 1 is 1.16 bits per heavy atom. The van der Waals surface area contributed by atoms with Crippen LogP contribution in [0, 0.1) is 12.7 Å². The fourth-order valence-corrected chi connectivity index (χ4v) is 4.21. The van der Waals surface area contributed by atoms with E-state index in [1.807, 2.05) is 11.8 Å². The summed E-state index contributed by atoms with van der Waals surface area (Å²) in [7, 11) is 0. The molecule has 1 fully saturated rings. The summed E-state index contributed by atoms with van der Waals surface area (Å²) in [4.78, 5) is 20.3. The Hall–Kier alpha value is -3.78. The van der Waals surface area contributed by atoms with Crippen LogP contribution in [0.4, 0.5) is 4.39 Å². The normalized spacial score (nSPS) is 16.4. The number of rotatable bonds is 3. The van der Waals surface area contributed by atoms with Gasteiger partial charge in [-0.3, -0.25) is 9.89 Å². The number of halogens is 1. The van der Waals surface area contributed by atoms with E-state index in [-0.39, 0.29) is 23.5 Å². The minimum Gasteiger partial charge on any atom is -0.508 e. The zero-order valence-electron chi connectivity index (χ0n) is 17.5. The molecule has 3 heterocycles. The van der Waals surface area contributed by atoms with Gasteiger partial charge in [-0.15, -0.1) is 0 Å². The number of phenolic OH excluding ortho intramolecular Hbond substituents is 1. The van der Waals surface area contributed by atoms with Crippen LogP contribution in [0.25, 0.3) is 22.3 Å². The van der Waals surface area contributed by atoms with Gasteiger partial charge in [-0.2, -0.15) is 5.10 Å². The number of aromatic hydroxyl groups is 1. The lowest BCUT2D eigenvalue weighted by molar-refractivity contribution is 0.0636. The van der Waals surface area contributed by atoms with E-state index in [0.717, 1.165) is 16.8 Å². The van der Waals surface area contributed by atoms with Crippen LogP contribution in [0.2, 0.25) is 0 Å². The van der Waals surface area contributed by atoms with Crippen LogP contribution in [-0.4, -0.2) is 50.7 Å². The van der Waals surface area contributed by atoms with Crippen LogP contribution in [0.1, 0.15) is 27.7 Å². The van der Waals surface area contributed by atoms with Gasteiger partial charge in [0.2, 0.25) is 0 Å². The molecular weight excluding hydrogens is 409 g/mol. The number of hydrogen-bond acceptors (Lipinski definition) is 5. The number of nitrogens with one attached hydrogen (secondary N) is 2. The Morgan fingerprint density at radius 2 is 1.91 bits per heavy atom. The van der Waals surface area contributed by atoms with Gasteiger partial charge >= 0.3 is 0 Å². The first-order valence-electron chi connectivity index (χ1n) is 10.4. The molecule has 0 aliphatic carbocycles. The largest absolute Gasteiger partial charge is 0.508 e. The molecule has 0 spiro atoms. The molecule has 7 nitrogen and oxygen atoms in total. The first-order valence-corrected chi connectivity index (χ1v) is 10.4. The molecule has 1 unspecified atom stereocenters. The highest BCUT2D eigenvalue weighted by Gasteiger charge is 2.31. The summed E-state index contributed by atoms with van der Waals surface area (Å²) in [5.74, 6) is -0.277. The quantitative estimate of drug-likeness (QED) is 0.461. The van der Waals surface area contributed by atoms with Crippen molar-refractivity contribution in [2.75, 3.05) is 19.6 Å². The third kappa shape index (κ3) is 3.58. The van der Waals surface area contributed by atoms with Gasteiger partial charge in [0, 0.05) is 30.9 Å². The highest BCUT2D eigenvalue weighted by Crippen LogP contribution is 2.31. The van der Waals surface area contributed by atoms with Crippen LogP contribution in [0.5, 0.6) is 5.75 Å². The first kappa shape index (κ1) is 20.1. The molecule has 162 valence electrons. The number of nitrogens with zero attached hydrogens (tertiary/aromatic N) is 3. The van der Waals surface area contributed by atoms with Crippen LogP contribution >= 0.6 is 0 Å². The Bertz CT molecular complexity index is 1280. The van der Waals surface area contributed by atoms with Crippen molar-refractivity contribution in [1.29, 1.82) is 0 Å². The number of carbonyl (C=O) groups is 1. The van der Waals surface area contributed by atoms with Crippen molar-refractivity contribution in [3.63, 3.8) is 0 Å². The van der Waals surface area contributed by atoms with Crippen molar-refractivity contribution >= 4 is 16.9 Å². The second-order valence-electron chi connectivity index (χ2n) is 7.92. The van der Waals surface area contributed by atoms with Gasteiger partial charge in [0.1, 0.15) is 11.6 Å². The van der Waals surface area contributed by atoms with Gasteiger partial charge in [0.05, 0.1) is 22.7 Å². The molecule has 1 amide bonds. The van der Waals surface area contributed by atoms with Crippen molar-refractivity contribution in [3.8, 4) is 17.0 Å². The molecule has 1 aliphatic heterocycles. The zero-order chi connectivity index (χ0) is 22.2. The van der Waals surface area contributed by atoms with E-state index in [9.17, 15) is 14.3 Å². The standard InChI is InChI=1S/C24H22FN5O2/c1-14-22-19(12-20(27-23(22)29-28-14)15-4-8-18(31)9-5-15)24(32)30-11-10-26-13-21(30)16-2-6-17(25)7-3-16/h2-9,12,21,26,31H,10-11,13H2,1H3,(H,27,28,29). The van der Waals surface area contributed by atoms with E-state index in [0.29, 0.717) is 41.9 Å².